The number of rotatable bonds is 4. The minimum atomic E-state index is -0.277. The molecule has 0 bridgehead atoms. The number of ether oxygens (including phenoxy) is 1. The van der Waals surface area contributed by atoms with Gasteiger partial charge in [0.2, 0.25) is 5.91 Å². The number of nitriles is 1. The first-order chi connectivity index (χ1) is 9.72. The second-order valence-corrected chi connectivity index (χ2v) is 4.85. The van der Waals surface area contributed by atoms with Gasteiger partial charge in [-0.3, -0.25) is 4.79 Å². The molecule has 1 aromatic rings. The molecule has 0 spiro atoms. The Morgan fingerprint density at radius 3 is 2.60 bits per heavy atom. The molecule has 5 heteroatoms. The Labute approximate surface area is 119 Å². The van der Waals surface area contributed by atoms with Gasteiger partial charge in [-0.05, 0) is 37.1 Å². The molecule has 2 rings (SSSR count). The first-order valence-corrected chi connectivity index (χ1v) is 6.77. The fourth-order valence-electron chi connectivity index (χ4n) is 2.38. The molecular formula is C15H19N3O2. The lowest BCUT2D eigenvalue weighted by atomic mass is 10.1. The van der Waals surface area contributed by atoms with Crippen LogP contribution in [0.4, 0.5) is 11.4 Å². The Balaban J connectivity index is 1.92. The van der Waals surface area contributed by atoms with Crippen LogP contribution in [0.3, 0.4) is 0 Å². The number of nitrogens with zero attached hydrogens (tertiary/aromatic N) is 2. The first kappa shape index (κ1) is 14.4. The number of carbonyl (C=O) groups excluding carboxylic acids is 1. The highest BCUT2D eigenvalue weighted by Crippen LogP contribution is 2.22. The highest BCUT2D eigenvalue weighted by Gasteiger charge is 2.18. The number of benzene rings is 1. The first-order valence-electron chi connectivity index (χ1n) is 6.77. The van der Waals surface area contributed by atoms with E-state index in [1.807, 2.05) is 30.3 Å². The number of amides is 1. The minimum absolute atomic E-state index is 0.119. The van der Waals surface area contributed by atoms with Gasteiger partial charge in [-0.25, -0.2) is 0 Å². The van der Waals surface area contributed by atoms with Crippen molar-refractivity contribution in [3.8, 4) is 6.07 Å². The molecule has 1 fully saturated rings. The van der Waals surface area contributed by atoms with Crippen LogP contribution in [-0.2, 0) is 9.53 Å². The number of nitrogens with one attached hydrogen (secondary N) is 1. The number of methoxy groups -OCH3 is 1. The highest BCUT2D eigenvalue weighted by molar-refractivity contribution is 5.92. The summed E-state index contributed by atoms with van der Waals surface area (Å²) in [5, 5.41) is 11.1. The van der Waals surface area contributed by atoms with E-state index in [1.165, 1.54) is 0 Å². The molecule has 0 atom stereocenters. The maximum Gasteiger partial charge on any atom is 0.238 e. The molecule has 1 heterocycles. The summed E-state index contributed by atoms with van der Waals surface area (Å²) in [4.78, 5) is 13.6. The second-order valence-electron chi connectivity index (χ2n) is 4.85. The summed E-state index contributed by atoms with van der Waals surface area (Å²) in [6.07, 6.45) is 2.33. The molecule has 1 amide bonds. The molecule has 1 aliphatic heterocycles. The van der Waals surface area contributed by atoms with Crippen LogP contribution in [0.1, 0.15) is 19.3 Å². The van der Waals surface area contributed by atoms with E-state index in [0.29, 0.717) is 6.10 Å². The van der Waals surface area contributed by atoms with Gasteiger partial charge < -0.3 is 15.0 Å². The molecule has 0 unspecified atom stereocenters. The standard InChI is InChI=1S/C15H19N3O2/c1-20-14-7-10-18(11-8-14)13-4-2-12(3-5-13)17-15(19)6-9-16/h2-5,14H,6-8,10-11H2,1H3,(H,17,19). The average molecular weight is 273 g/mol. The molecule has 1 aromatic carbocycles. The van der Waals surface area contributed by atoms with Crippen molar-refractivity contribution in [2.24, 2.45) is 0 Å². The predicted octanol–water partition coefficient (Wildman–Crippen LogP) is 2.15. The van der Waals surface area contributed by atoms with Gasteiger partial charge in [0.05, 0.1) is 12.2 Å². The fraction of sp³-hybridized carbons (Fsp3) is 0.467. The van der Waals surface area contributed by atoms with Gasteiger partial charge in [-0.1, -0.05) is 0 Å². The SMILES string of the molecule is COC1CCN(c2ccc(NC(=O)CC#N)cc2)CC1. The fourth-order valence-corrected chi connectivity index (χ4v) is 2.38. The molecule has 1 N–H and O–H groups in total. The van der Waals surface area contributed by atoms with Crippen LogP contribution in [0, 0.1) is 11.3 Å². The normalized spacial score (nSPS) is 15.7. The molecule has 20 heavy (non-hydrogen) atoms. The zero-order valence-corrected chi connectivity index (χ0v) is 11.6. The van der Waals surface area contributed by atoms with Crippen LogP contribution >= 0.6 is 0 Å². The van der Waals surface area contributed by atoms with E-state index in [4.69, 9.17) is 10.00 Å². The van der Waals surface area contributed by atoms with Crippen LogP contribution in [0.5, 0.6) is 0 Å². The summed E-state index contributed by atoms with van der Waals surface area (Å²) >= 11 is 0. The lowest BCUT2D eigenvalue weighted by Gasteiger charge is -2.33. The number of hydrogen-bond donors (Lipinski definition) is 1. The van der Waals surface area contributed by atoms with Gasteiger partial charge in [-0.2, -0.15) is 5.26 Å². The number of carbonyl (C=O) groups is 1. The maximum absolute atomic E-state index is 11.3. The molecule has 0 saturated carbocycles. The van der Waals surface area contributed by atoms with Crippen molar-refractivity contribution in [2.75, 3.05) is 30.4 Å². The van der Waals surface area contributed by atoms with E-state index in [0.717, 1.165) is 37.3 Å². The van der Waals surface area contributed by atoms with Crippen molar-refractivity contribution in [3.05, 3.63) is 24.3 Å². The summed E-state index contributed by atoms with van der Waals surface area (Å²) in [6.45, 7) is 1.97. The number of anilines is 2. The van der Waals surface area contributed by atoms with Gasteiger partial charge in [0.1, 0.15) is 6.42 Å². The molecule has 106 valence electrons. The Morgan fingerprint density at radius 2 is 2.05 bits per heavy atom. The third-order valence-electron chi connectivity index (χ3n) is 3.53. The van der Waals surface area contributed by atoms with Crippen LogP contribution < -0.4 is 10.2 Å². The zero-order chi connectivity index (χ0) is 14.4. The summed E-state index contributed by atoms with van der Waals surface area (Å²) in [5.74, 6) is -0.277. The monoisotopic (exact) mass is 273 g/mol. The van der Waals surface area contributed by atoms with Crippen molar-refractivity contribution in [2.45, 2.75) is 25.4 Å². The van der Waals surface area contributed by atoms with Gasteiger partial charge in [0, 0.05) is 31.6 Å². The topological polar surface area (TPSA) is 65.4 Å². The van der Waals surface area contributed by atoms with Gasteiger partial charge in [0.15, 0.2) is 0 Å². The van der Waals surface area contributed by atoms with Crippen molar-refractivity contribution in [1.29, 1.82) is 5.26 Å². The lowest BCUT2D eigenvalue weighted by Crippen LogP contribution is -2.36. The number of piperidine rings is 1. The third-order valence-corrected chi connectivity index (χ3v) is 3.53. The predicted molar refractivity (Wildman–Crippen MR) is 77.5 cm³/mol. The molecule has 1 aliphatic rings. The third kappa shape index (κ3) is 3.72. The average Bonchev–Trinajstić information content (AvgIpc) is 2.48. The van der Waals surface area contributed by atoms with E-state index in [9.17, 15) is 4.79 Å². The van der Waals surface area contributed by atoms with Crippen molar-refractivity contribution >= 4 is 17.3 Å². The quantitative estimate of drug-likeness (QED) is 0.913. The van der Waals surface area contributed by atoms with Crippen molar-refractivity contribution < 1.29 is 9.53 Å². The van der Waals surface area contributed by atoms with Crippen LogP contribution in [-0.4, -0.2) is 32.2 Å². The minimum Gasteiger partial charge on any atom is -0.381 e. The zero-order valence-electron chi connectivity index (χ0n) is 11.6. The van der Waals surface area contributed by atoms with Gasteiger partial charge in [0.25, 0.3) is 0 Å². The lowest BCUT2D eigenvalue weighted by molar-refractivity contribution is -0.115. The Hall–Kier alpha value is -2.06. The van der Waals surface area contributed by atoms with Crippen LogP contribution in [0.25, 0.3) is 0 Å². The van der Waals surface area contributed by atoms with Crippen LogP contribution in [0.2, 0.25) is 0 Å². The van der Waals surface area contributed by atoms with E-state index in [2.05, 4.69) is 10.2 Å². The van der Waals surface area contributed by atoms with Crippen LogP contribution in [0.15, 0.2) is 24.3 Å². The summed E-state index contributed by atoms with van der Waals surface area (Å²) in [6, 6.07) is 9.55. The van der Waals surface area contributed by atoms with E-state index in [1.54, 1.807) is 7.11 Å². The summed E-state index contributed by atoms with van der Waals surface area (Å²) < 4.78 is 5.36. The Bertz CT molecular complexity index is 485. The molecule has 0 aliphatic carbocycles. The van der Waals surface area contributed by atoms with E-state index in [-0.39, 0.29) is 12.3 Å². The molecule has 0 radical (unpaired) electrons. The van der Waals surface area contributed by atoms with Gasteiger partial charge >= 0.3 is 0 Å². The van der Waals surface area contributed by atoms with Crippen molar-refractivity contribution in [1.82, 2.24) is 0 Å². The maximum atomic E-state index is 11.3. The summed E-state index contributed by atoms with van der Waals surface area (Å²) in [7, 11) is 1.76. The molecular weight excluding hydrogens is 254 g/mol. The summed E-state index contributed by atoms with van der Waals surface area (Å²) in [5.41, 5.74) is 1.87. The Morgan fingerprint density at radius 1 is 1.40 bits per heavy atom. The smallest absolute Gasteiger partial charge is 0.238 e. The van der Waals surface area contributed by atoms with E-state index < -0.39 is 0 Å². The largest absolute Gasteiger partial charge is 0.381 e. The molecule has 1 saturated heterocycles. The van der Waals surface area contributed by atoms with Gasteiger partial charge in [-0.15, -0.1) is 0 Å². The second kappa shape index (κ2) is 6.92. The Kier molecular flexibility index (Phi) is 4.97. The van der Waals surface area contributed by atoms with E-state index >= 15 is 0 Å². The highest BCUT2D eigenvalue weighted by atomic mass is 16.5. The molecule has 5 nitrogen and oxygen atoms in total. The van der Waals surface area contributed by atoms with Crippen molar-refractivity contribution in [3.63, 3.8) is 0 Å². The molecule has 0 aromatic heterocycles. The number of hydrogen-bond acceptors (Lipinski definition) is 4.